The zero-order valence-corrected chi connectivity index (χ0v) is 13.2. The van der Waals surface area contributed by atoms with E-state index in [0.29, 0.717) is 0 Å². The minimum Gasteiger partial charge on any atom is -0.434 e. The molecule has 0 amide bonds. The summed E-state index contributed by atoms with van der Waals surface area (Å²) >= 11 is 6.24. The van der Waals surface area contributed by atoms with E-state index in [4.69, 9.17) is 10.6 Å². The summed E-state index contributed by atoms with van der Waals surface area (Å²) in [7, 11) is 0. The van der Waals surface area contributed by atoms with Crippen molar-refractivity contribution in [2.24, 2.45) is 5.84 Å². The van der Waals surface area contributed by atoms with Gasteiger partial charge in [0, 0.05) is 12.1 Å². The van der Waals surface area contributed by atoms with Gasteiger partial charge >= 0.3 is 0 Å². The molecule has 8 nitrogen and oxygen atoms in total. The Bertz CT molecular complexity index is 692. The highest BCUT2D eigenvalue weighted by Gasteiger charge is 2.18. The molecule has 0 spiro atoms. The largest absolute Gasteiger partial charge is 0.434 e. The first kappa shape index (κ1) is 15.5. The predicted molar refractivity (Wildman–Crippen MR) is 78.4 cm³/mol. The number of nitrogens with one attached hydrogen (secondary N) is 1. The van der Waals surface area contributed by atoms with E-state index in [2.05, 4.69) is 47.3 Å². The fourth-order valence-corrected chi connectivity index (χ4v) is 2.66. The summed E-state index contributed by atoms with van der Waals surface area (Å²) in [5, 5.41) is 10.7. The van der Waals surface area contributed by atoms with E-state index in [1.807, 2.05) is 0 Å². The number of nitro groups is 1. The van der Waals surface area contributed by atoms with Gasteiger partial charge in [-0.15, -0.1) is 0 Å². The van der Waals surface area contributed by atoms with Crippen LogP contribution in [0.4, 0.5) is 16.0 Å². The number of hydrazine groups is 1. The maximum atomic E-state index is 13.6. The molecule has 110 valence electrons. The van der Waals surface area contributed by atoms with Gasteiger partial charge in [0.25, 0.3) is 11.6 Å². The molecule has 0 aliphatic heterocycles. The lowest BCUT2D eigenvalue weighted by atomic mass is 10.3. The Morgan fingerprint density at radius 2 is 2.00 bits per heavy atom. The van der Waals surface area contributed by atoms with Crippen LogP contribution in [0.15, 0.2) is 27.3 Å². The second-order valence-corrected chi connectivity index (χ2v) is 5.30. The number of aromatic nitrogens is 2. The molecule has 1 aromatic heterocycles. The van der Waals surface area contributed by atoms with Crippen LogP contribution in [-0.4, -0.2) is 14.9 Å². The van der Waals surface area contributed by atoms with Crippen molar-refractivity contribution in [3.05, 3.63) is 43.2 Å². The molecule has 0 unspecified atom stereocenters. The minimum absolute atomic E-state index is 0.0412. The molecule has 0 saturated carbocycles. The van der Waals surface area contributed by atoms with Gasteiger partial charge < -0.3 is 4.74 Å². The zero-order chi connectivity index (χ0) is 15.6. The average molecular weight is 423 g/mol. The van der Waals surface area contributed by atoms with Crippen molar-refractivity contribution in [1.82, 2.24) is 9.97 Å². The Kier molecular flexibility index (Phi) is 4.65. The van der Waals surface area contributed by atoms with Gasteiger partial charge in [0.15, 0.2) is 5.75 Å². The number of halogens is 3. The highest BCUT2D eigenvalue weighted by molar-refractivity contribution is 9.11. The topological polar surface area (TPSA) is 116 Å². The Balaban J connectivity index is 2.42. The Morgan fingerprint density at radius 1 is 1.38 bits per heavy atom. The molecule has 0 saturated heterocycles. The van der Waals surface area contributed by atoms with E-state index < -0.39 is 10.7 Å². The molecule has 11 heteroatoms. The summed E-state index contributed by atoms with van der Waals surface area (Å²) in [6.45, 7) is 0. The normalized spacial score (nSPS) is 10.3. The number of nitrogens with two attached hydrogens (primary N) is 1. The number of nitrogen functional groups attached to an aromatic ring is 1. The molecule has 0 atom stereocenters. The second kappa shape index (κ2) is 6.28. The molecule has 0 aliphatic rings. The van der Waals surface area contributed by atoms with Crippen LogP contribution in [0.5, 0.6) is 11.6 Å². The van der Waals surface area contributed by atoms with Crippen molar-refractivity contribution in [1.29, 1.82) is 0 Å². The van der Waals surface area contributed by atoms with Crippen LogP contribution in [-0.2, 0) is 0 Å². The van der Waals surface area contributed by atoms with Crippen LogP contribution >= 0.6 is 31.9 Å². The third kappa shape index (κ3) is 3.43. The quantitative estimate of drug-likeness (QED) is 0.441. The standard InChI is InChI=1S/C10H6Br2FN5O3/c11-5-1-4(18(19)20)2-6(12)8(5)21-9-7(13)3-15-10(16-9)17-14/h1-3H,14H2,(H,15,16,17). The van der Waals surface area contributed by atoms with Gasteiger partial charge in [-0.3, -0.25) is 15.5 Å². The number of rotatable bonds is 4. The molecule has 0 aliphatic carbocycles. The molecular weight excluding hydrogens is 417 g/mol. The average Bonchev–Trinajstić information content (AvgIpc) is 2.44. The number of benzene rings is 1. The smallest absolute Gasteiger partial charge is 0.271 e. The van der Waals surface area contributed by atoms with E-state index in [1.54, 1.807) is 0 Å². The van der Waals surface area contributed by atoms with Crippen molar-refractivity contribution in [3.63, 3.8) is 0 Å². The van der Waals surface area contributed by atoms with Gasteiger partial charge in [-0.1, -0.05) is 0 Å². The number of ether oxygens (including phenoxy) is 1. The molecule has 21 heavy (non-hydrogen) atoms. The first-order valence-electron chi connectivity index (χ1n) is 5.23. The summed E-state index contributed by atoms with van der Waals surface area (Å²) in [6, 6.07) is 2.45. The summed E-state index contributed by atoms with van der Waals surface area (Å²) < 4.78 is 19.4. The second-order valence-electron chi connectivity index (χ2n) is 3.59. The van der Waals surface area contributed by atoms with Crippen LogP contribution in [0, 0.1) is 15.9 Å². The van der Waals surface area contributed by atoms with Gasteiger partial charge in [-0.2, -0.15) is 9.37 Å². The number of anilines is 1. The zero-order valence-electron chi connectivity index (χ0n) is 10.0. The minimum atomic E-state index is -0.814. The molecule has 3 N–H and O–H groups in total. The van der Waals surface area contributed by atoms with Crippen LogP contribution in [0.3, 0.4) is 0 Å². The maximum Gasteiger partial charge on any atom is 0.271 e. The molecule has 1 heterocycles. The number of hydrogen-bond donors (Lipinski definition) is 2. The maximum absolute atomic E-state index is 13.6. The highest BCUT2D eigenvalue weighted by atomic mass is 79.9. The van der Waals surface area contributed by atoms with Gasteiger partial charge in [-0.05, 0) is 31.9 Å². The van der Waals surface area contributed by atoms with Crippen molar-refractivity contribution in [3.8, 4) is 11.6 Å². The molecule has 0 bridgehead atoms. The number of nitro benzene ring substituents is 1. The Morgan fingerprint density at radius 3 is 2.52 bits per heavy atom. The van der Waals surface area contributed by atoms with E-state index >= 15 is 0 Å². The lowest BCUT2D eigenvalue weighted by molar-refractivity contribution is -0.385. The SMILES string of the molecule is NNc1ncc(F)c(Oc2c(Br)cc([N+](=O)[O-])cc2Br)n1. The molecule has 2 aromatic rings. The molecule has 2 rings (SSSR count). The van der Waals surface area contributed by atoms with Crippen LogP contribution in [0.1, 0.15) is 0 Å². The highest BCUT2D eigenvalue weighted by Crippen LogP contribution is 2.39. The van der Waals surface area contributed by atoms with Gasteiger partial charge in [-0.25, -0.2) is 10.8 Å². The molecule has 1 aromatic carbocycles. The van der Waals surface area contributed by atoms with E-state index in [1.165, 1.54) is 12.1 Å². The third-order valence-electron chi connectivity index (χ3n) is 2.23. The van der Waals surface area contributed by atoms with Crippen molar-refractivity contribution in [2.75, 3.05) is 5.43 Å². The third-order valence-corrected chi connectivity index (χ3v) is 3.41. The monoisotopic (exact) mass is 421 g/mol. The fourth-order valence-electron chi connectivity index (χ4n) is 1.34. The molecular formula is C10H6Br2FN5O3. The molecule has 0 radical (unpaired) electrons. The summed E-state index contributed by atoms with van der Waals surface area (Å²) in [5.41, 5.74) is 1.99. The van der Waals surface area contributed by atoms with E-state index in [9.17, 15) is 14.5 Å². The molecule has 0 fully saturated rings. The number of hydrogen-bond acceptors (Lipinski definition) is 7. The van der Waals surface area contributed by atoms with Gasteiger partial charge in [0.1, 0.15) is 0 Å². The Labute approximate surface area is 133 Å². The lowest BCUT2D eigenvalue weighted by Gasteiger charge is -2.10. The van der Waals surface area contributed by atoms with Gasteiger partial charge in [0.05, 0.1) is 20.1 Å². The van der Waals surface area contributed by atoms with Crippen molar-refractivity contribution < 1.29 is 14.1 Å². The predicted octanol–water partition coefficient (Wildman–Crippen LogP) is 3.13. The fraction of sp³-hybridized carbons (Fsp3) is 0. The van der Waals surface area contributed by atoms with Crippen LogP contribution in [0.2, 0.25) is 0 Å². The summed E-state index contributed by atoms with van der Waals surface area (Å²) in [6.07, 6.45) is 0.880. The lowest BCUT2D eigenvalue weighted by Crippen LogP contribution is -2.11. The van der Waals surface area contributed by atoms with E-state index in [0.717, 1.165) is 6.20 Å². The first-order valence-corrected chi connectivity index (χ1v) is 6.81. The van der Waals surface area contributed by atoms with Crippen LogP contribution < -0.4 is 16.0 Å². The Hall–Kier alpha value is -1.85. The first-order chi connectivity index (χ1) is 9.92. The summed E-state index contributed by atoms with van der Waals surface area (Å²) in [5.74, 6) is 4.02. The van der Waals surface area contributed by atoms with Gasteiger partial charge in [0.2, 0.25) is 11.8 Å². The summed E-state index contributed by atoms with van der Waals surface area (Å²) in [4.78, 5) is 17.4. The van der Waals surface area contributed by atoms with Crippen LogP contribution in [0.25, 0.3) is 0 Å². The number of non-ortho nitro benzene ring substituents is 1. The number of nitrogens with zero attached hydrogens (tertiary/aromatic N) is 3. The van der Waals surface area contributed by atoms with E-state index in [-0.39, 0.29) is 32.2 Å². The van der Waals surface area contributed by atoms with Crippen molar-refractivity contribution >= 4 is 43.5 Å². The van der Waals surface area contributed by atoms with Crippen molar-refractivity contribution in [2.45, 2.75) is 0 Å².